The highest BCUT2D eigenvalue weighted by Gasteiger charge is 2.13. The van der Waals surface area contributed by atoms with Crippen LogP contribution in [0, 0.1) is 0 Å². The molecule has 0 bridgehead atoms. The molecule has 2 aromatic carbocycles. The van der Waals surface area contributed by atoms with Crippen LogP contribution in [0.4, 0.5) is 0 Å². The summed E-state index contributed by atoms with van der Waals surface area (Å²) in [6.07, 6.45) is 5.22. The number of hydrogen-bond acceptors (Lipinski definition) is 2. The van der Waals surface area contributed by atoms with Crippen LogP contribution in [0.15, 0.2) is 60.9 Å². The van der Waals surface area contributed by atoms with Gasteiger partial charge in [-0.25, -0.2) is 0 Å². The Kier molecular flexibility index (Phi) is 5.10. The van der Waals surface area contributed by atoms with Crippen LogP contribution < -0.4 is 10.6 Å². The van der Waals surface area contributed by atoms with E-state index in [4.69, 9.17) is 0 Å². The molecule has 0 atom stereocenters. The van der Waals surface area contributed by atoms with Gasteiger partial charge in [-0.15, -0.1) is 0 Å². The minimum Gasteiger partial charge on any atom is -0.361 e. The number of carbonyl (C=O) groups is 2. The number of H-pyrrole nitrogens is 2. The van der Waals surface area contributed by atoms with Crippen molar-refractivity contribution in [1.29, 1.82) is 0 Å². The first-order chi connectivity index (χ1) is 13.7. The maximum Gasteiger partial charge on any atom is 0.309 e. The molecule has 2 amide bonds. The molecule has 0 saturated heterocycles. The molecule has 0 aliphatic heterocycles. The first kappa shape index (κ1) is 17.9. The molecule has 2 heterocycles. The number of rotatable bonds is 6. The van der Waals surface area contributed by atoms with Gasteiger partial charge in [0, 0.05) is 47.3 Å². The second-order valence-corrected chi connectivity index (χ2v) is 6.73. The van der Waals surface area contributed by atoms with Crippen molar-refractivity contribution in [2.24, 2.45) is 0 Å². The number of aromatic amines is 2. The minimum absolute atomic E-state index is 0.413. The van der Waals surface area contributed by atoms with E-state index in [1.165, 1.54) is 0 Å². The molecule has 0 aliphatic carbocycles. The van der Waals surface area contributed by atoms with Crippen molar-refractivity contribution in [3.8, 4) is 0 Å². The zero-order valence-corrected chi connectivity index (χ0v) is 15.4. The highest BCUT2D eigenvalue weighted by Crippen LogP contribution is 2.18. The summed E-state index contributed by atoms with van der Waals surface area (Å²) in [7, 11) is 0. The molecule has 4 aromatic rings. The maximum absolute atomic E-state index is 12.0. The standard InChI is InChI=1S/C22H22N4O2/c27-21(23-11-9-15-13-25-19-7-3-1-5-17(15)19)22(28)24-12-10-16-14-26-20-8-4-2-6-18(16)20/h1-8,13-14,25-26H,9-12H2,(H,23,27)(H,24,28). The van der Waals surface area contributed by atoms with E-state index in [-0.39, 0.29) is 0 Å². The van der Waals surface area contributed by atoms with Gasteiger partial charge in [0.15, 0.2) is 0 Å². The molecule has 4 rings (SSSR count). The first-order valence-corrected chi connectivity index (χ1v) is 9.38. The number of amides is 2. The molecule has 0 aliphatic rings. The summed E-state index contributed by atoms with van der Waals surface area (Å²) in [5.74, 6) is -1.20. The third-order valence-electron chi connectivity index (χ3n) is 4.92. The minimum atomic E-state index is -0.598. The molecule has 28 heavy (non-hydrogen) atoms. The highest BCUT2D eigenvalue weighted by molar-refractivity contribution is 6.35. The van der Waals surface area contributed by atoms with Gasteiger partial charge in [0.25, 0.3) is 0 Å². The van der Waals surface area contributed by atoms with Crippen molar-refractivity contribution in [3.05, 3.63) is 72.1 Å². The summed E-state index contributed by atoms with van der Waals surface area (Å²) < 4.78 is 0. The normalized spacial score (nSPS) is 11.0. The van der Waals surface area contributed by atoms with Crippen LogP contribution in [0.1, 0.15) is 11.1 Å². The Morgan fingerprint density at radius 2 is 1.11 bits per heavy atom. The van der Waals surface area contributed by atoms with E-state index in [0.717, 1.165) is 32.9 Å². The number of aromatic nitrogens is 2. The van der Waals surface area contributed by atoms with E-state index in [0.29, 0.717) is 25.9 Å². The van der Waals surface area contributed by atoms with Crippen molar-refractivity contribution in [2.45, 2.75) is 12.8 Å². The SMILES string of the molecule is O=C(NCCc1c[nH]c2ccccc12)C(=O)NCCc1c[nH]c2ccccc12. The summed E-state index contributed by atoms with van der Waals surface area (Å²) in [6.45, 7) is 0.826. The zero-order chi connectivity index (χ0) is 19.3. The Morgan fingerprint density at radius 3 is 1.57 bits per heavy atom. The predicted molar refractivity (Wildman–Crippen MR) is 110 cm³/mol. The molecule has 0 spiro atoms. The fourth-order valence-corrected chi connectivity index (χ4v) is 3.46. The lowest BCUT2D eigenvalue weighted by atomic mass is 10.1. The van der Waals surface area contributed by atoms with Crippen LogP contribution in [0.2, 0.25) is 0 Å². The Morgan fingerprint density at radius 1 is 0.679 bits per heavy atom. The molecule has 6 heteroatoms. The van der Waals surface area contributed by atoms with Crippen LogP contribution in [-0.2, 0) is 22.4 Å². The summed E-state index contributed by atoms with van der Waals surface area (Å²) >= 11 is 0. The molecule has 2 aromatic heterocycles. The fourth-order valence-electron chi connectivity index (χ4n) is 3.46. The summed E-state index contributed by atoms with van der Waals surface area (Å²) in [5.41, 5.74) is 4.38. The number of fused-ring (bicyclic) bond motifs is 2. The lowest BCUT2D eigenvalue weighted by molar-refractivity contribution is -0.139. The summed E-state index contributed by atoms with van der Waals surface area (Å²) in [5, 5.41) is 7.65. The molecule has 142 valence electrons. The number of hydrogen-bond donors (Lipinski definition) is 4. The second-order valence-electron chi connectivity index (χ2n) is 6.73. The Bertz CT molecular complexity index is 1040. The van der Waals surface area contributed by atoms with E-state index >= 15 is 0 Å². The average molecular weight is 374 g/mol. The Labute approximate surface area is 162 Å². The van der Waals surface area contributed by atoms with Gasteiger partial charge in [0.2, 0.25) is 0 Å². The Hall–Kier alpha value is -3.54. The van der Waals surface area contributed by atoms with Gasteiger partial charge in [-0.2, -0.15) is 0 Å². The predicted octanol–water partition coefficient (Wildman–Crippen LogP) is 2.67. The molecule has 0 fully saturated rings. The molecule has 0 unspecified atom stereocenters. The summed E-state index contributed by atoms with van der Waals surface area (Å²) in [4.78, 5) is 30.4. The molecule has 6 nitrogen and oxygen atoms in total. The number of carbonyl (C=O) groups excluding carboxylic acids is 2. The molecular weight excluding hydrogens is 352 g/mol. The third-order valence-corrected chi connectivity index (χ3v) is 4.92. The van der Waals surface area contributed by atoms with Crippen LogP contribution in [-0.4, -0.2) is 34.9 Å². The van der Waals surface area contributed by atoms with Crippen molar-refractivity contribution >= 4 is 33.6 Å². The number of benzene rings is 2. The topological polar surface area (TPSA) is 89.8 Å². The van der Waals surface area contributed by atoms with E-state index in [9.17, 15) is 9.59 Å². The molecule has 0 saturated carbocycles. The van der Waals surface area contributed by atoms with Crippen LogP contribution >= 0.6 is 0 Å². The largest absolute Gasteiger partial charge is 0.361 e. The lowest BCUT2D eigenvalue weighted by Gasteiger charge is -2.06. The van der Waals surface area contributed by atoms with Crippen LogP contribution in [0.3, 0.4) is 0 Å². The van der Waals surface area contributed by atoms with E-state index in [1.807, 2.05) is 60.9 Å². The molecule has 4 N–H and O–H groups in total. The van der Waals surface area contributed by atoms with E-state index < -0.39 is 11.8 Å². The van der Waals surface area contributed by atoms with Crippen molar-refractivity contribution in [1.82, 2.24) is 20.6 Å². The van der Waals surface area contributed by atoms with Gasteiger partial charge in [0.05, 0.1) is 0 Å². The van der Waals surface area contributed by atoms with Gasteiger partial charge < -0.3 is 20.6 Å². The maximum atomic E-state index is 12.0. The van der Waals surface area contributed by atoms with Gasteiger partial charge in [-0.1, -0.05) is 36.4 Å². The van der Waals surface area contributed by atoms with Crippen molar-refractivity contribution in [2.75, 3.05) is 13.1 Å². The lowest BCUT2D eigenvalue weighted by Crippen LogP contribution is -2.41. The zero-order valence-electron chi connectivity index (χ0n) is 15.4. The quantitative estimate of drug-likeness (QED) is 0.391. The number of para-hydroxylation sites is 2. The fraction of sp³-hybridized carbons (Fsp3) is 0.182. The van der Waals surface area contributed by atoms with Crippen molar-refractivity contribution < 1.29 is 9.59 Å². The van der Waals surface area contributed by atoms with Gasteiger partial charge in [-0.3, -0.25) is 9.59 Å². The van der Waals surface area contributed by atoms with E-state index in [1.54, 1.807) is 0 Å². The van der Waals surface area contributed by atoms with Crippen LogP contribution in [0.25, 0.3) is 21.8 Å². The first-order valence-electron chi connectivity index (χ1n) is 9.38. The van der Waals surface area contributed by atoms with Crippen LogP contribution in [0.5, 0.6) is 0 Å². The van der Waals surface area contributed by atoms with Gasteiger partial charge in [0.1, 0.15) is 0 Å². The monoisotopic (exact) mass is 374 g/mol. The second kappa shape index (κ2) is 8.00. The highest BCUT2D eigenvalue weighted by atomic mass is 16.2. The molecule has 0 radical (unpaired) electrons. The average Bonchev–Trinajstić information content (AvgIpc) is 3.32. The summed E-state index contributed by atoms with van der Waals surface area (Å²) in [6, 6.07) is 16.0. The van der Waals surface area contributed by atoms with Gasteiger partial charge >= 0.3 is 11.8 Å². The van der Waals surface area contributed by atoms with Crippen molar-refractivity contribution in [3.63, 3.8) is 0 Å². The molecular formula is C22H22N4O2. The number of nitrogens with one attached hydrogen (secondary N) is 4. The third kappa shape index (κ3) is 3.76. The van der Waals surface area contributed by atoms with Gasteiger partial charge in [-0.05, 0) is 36.1 Å². The van der Waals surface area contributed by atoms with E-state index in [2.05, 4.69) is 20.6 Å². The smallest absolute Gasteiger partial charge is 0.309 e. The Balaban J connectivity index is 1.23.